The number of aliphatic imine (C=N–C) groups is 1. The van der Waals surface area contributed by atoms with Crippen LogP contribution in [0.1, 0.15) is 24.5 Å². The molecule has 146 valence electrons. The van der Waals surface area contributed by atoms with Crippen molar-refractivity contribution in [2.45, 2.75) is 25.7 Å². The lowest BCUT2D eigenvalue weighted by molar-refractivity contribution is 0.518. The second-order valence-electron chi connectivity index (χ2n) is 6.55. The summed E-state index contributed by atoms with van der Waals surface area (Å²) in [6.45, 7) is 5.96. The van der Waals surface area contributed by atoms with Gasteiger partial charge in [0.25, 0.3) is 0 Å². The summed E-state index contributed by atoms with van der Waals surface area (Å²) in [4.78, 5) is 10.1. The molecule has 3 heterocycles. The first-order valence-corrected chi connectivity index (χ1v) is 9.40. The zero-order valence-electron chi connectivity index (χ0n) is 15.7. The molecular weight excluding hydrogens is 475 g/mol. The minimum atomic E-state index is 0. The first-order chi connectivity index (χ1) is 12.6. The van der Waals surface area contributed by atoms with Gasteiger partial charge in [-0.1, -0.05) is 19.9 Å². The van der Waals surface area contributed by atoms with Gasteiger partial charge in [-0.15, -0.1) is 35.3 Å². The molecule has 9 heteroatoms. The largest absolute Gasteiger partial charge is 0.461 e. The molecule has 0 aromatic carbocycles. The van der Waals surface area contributed by atoms with Crippen molar-refractivity contribution in [2.75, 3.05) is 20.1 Å². The Labute approximate surface area is 180 Å². The maximum Gasteiger partial charge on any atom is 0.216 e. The van der Waals surface area contributed by atoms with E-state index >= 15 is 0 Å². The van der Waals surface area contributed by atoms with Crippen LogP contribution in [0.15, 0.2) is 45.3 Å². The number of hydrogen-bond acceptors (Lipinski definition) is 5. The van der Waals surface area contributed by atoms with Crippen LogP contribution in [0, 0.1) is 0 Å². The molecule has 0 saturated heterocycles. The lowest BCUT2D eigenvalue weighted by Gasteiger charge is -2.25. The Bertz CT molecular complexity index is 826. The van der Waals surface area contributed by atoms with Crippen LogP contribution in [0.2, 0.25) is 0 Å². The summed E-state index contributed by atoms with van der Waals surface area (Å²) in [6, 6.07) is 7.92. The SMILES string of the molecule is CN=C(NCCc1nc(-c2ccco2)n[nH]1)NCC(C)(C)c1cccs1.I. The van der Waals surface area contributed by atoms with E-state index in [1.807, 2.05) is 12.1 Å². The van der Waals surface area contributed by atoms with Crippen molar-refractivity contribution >= 4 is 41.3 Å². The average molecular weight is 500 g/mol. The molecule has 0 radical (unpaired) electrons. The van der Waals surface area contributed by atoms with Crippen LogP contribution >= 0.6 is 35.3 Å². The fourth-order valence-electron chi connectivity index (χ4n) is 2.50. The van der Waals surface area contributed by atoms with E-state index in [-0.39, 0.29) is 29.4 Å². The van der Waals surface area contributed by atoms with Crippen LogP contribution in [0.25, 0.3) is 11.6 Å². The molecule has 3 N–H and O–H groups in total. The standard InChI is InChI=1S/C18H24N6OS.HI/c1-18(2,14-7-5-11-26-14)12-21-17(19-3)20-9-8-15-22-16(24-23-15)13-6-4-10-25-13;/h4-7,10-11H,8-9,12H2,1-3H3,(H2,19,20,21)(H,22,23,24);1H. The van der Waals surface area contributed by atoms with Crippen molar-refractivity contribution in [1.29, 1.82) is 0 Å². The molecule has 3 aromatic heterocycles. The number of rotatable bonds is 7. The molecule has 3 aromatic rings. The molecule has 0 bridgehead atoms. The molecule has 7 nitrogen and oxygen atoms in total. The summed E-state index contributed by atoms with van der Waals surface area (Å²) in [7, 11) is 1.77. The second kappa shape index (κ2) is 9.88. The van der Waals surface area contributed by atoms with Crippen LogP contribution < -0.4 is 10.6 Å². The van der Waals surface area contributed by atoms with E-state index in [0.717, 1.165) is 18.3 Å². The smallest absolute Gasteiger partial charge is 0.216 e. The van der Waals surface area contributed by atoms with Crippen LogP contribution in [-0.4, -0.2) is 41.3 Å². The van der Waals surface area contributed by atoms with Crippen molar-refractivity contribution in [3.8, 4) is 11.6 Å². The maximum atomic E-state index is 5.30. The number of guanidine groups is 1. The van der Waals surface area contributed by atoms with Gasteiger partial charge in [-0.2, -0.15) is 5.10 Å². The van der Waals surface area contributed by atoms with E-state index in [0.29, 0.717) is 24.6 Å². The second-order valence-corrected chi connectivity index (χ2v) is 7.49. The summed E-state index contributed by atoms with van der Waals surface area (Å²) in [6.07, 6.45) is 2.32. The third-order valence-electron chi connectivity index (χ3n) is 4.04. The molecule has 0 amide bonds. The monoisotopic (exact) mass is 500 g/mol. The zero-order valence-corrected chi connectivity index (χ0v) is 18.8. The molecule has 3 rings (SSSR count). The van der Waals surface area contributed by atoms with Gasteiger partial charge >= 0.3 is 0 Å². The first-order valence-electron chi connectivity index (χ1n) is 8.52. The Kier molecular flexibility index (Phi) is 7.84. The van der Waals surface area contributed by atoms with Crippen molar-refractivity contribution in [3.05, 3.63) is 46.6 Å². The molecule has 0 aliphatic carbocycles. The minimum absolute atomic E-state index is 0. The number of aromatic nitrogens is 3. The number of thiophene rings is 1. The highest BCUT2D eigenvalue weighted by Crippen LogP contribution is 2.26. The van der Waals surface area contributed by atoms with Gasteiger partial charge in [-0.3, -0.25) is 10.1 Å². The van der Waals surface area contributed by atoms with E-state index < -0.39 is 0 Å². The third-order valence-corrected chi connectivity index (χ3v) is 5.27. The van der Waals surface area contributed by atoms with E-state index in [4.69, 9.17) is 4.42 Å². The molecule has 0 fully saturated rings. The van der Waals surface area contributed by atoms with E-state index in [1.165, 1.54) is 4.88 Å². The summed E-state index contributed by atoms with van der Waals surface area (Å²) in [5.74, 6) is 2.82. The molecular formula is C18H25IN6OS. The number of H-pyrrole nitrogens is 1. The van der Waals surface area contributed by atoms with Gasteiger partial charge in [-0.25, -0.2) is 4.98 Å². The van der Waals surface area contributed by atoms with Crippen molar-refractivity contribution < 1.29 is 4.42 Å². The van der Waals surface area contributed by atoms with E-state index in [1.54, 1.807) is 24.6 Å². The number of aromatic amines is 1. The Hall–Kier alpha value is -1.88. The highest BCUT2D eigenvalue weighted by Gasteiger charge is 2.21. The van der Waals surface area contributed by atoms with Crippen molar-refractivity contribution in [1.82, 2.24) is 25.8 Å². The fourth-order valence-corrected chi connectivity index (χ4v) is 3.35. The third kappa shape index (κ3) is 5.80. The number of halogens is 1. The molecule has 0 aliphatic rings. The minimum Gasteiger partial charge on any atom is -0.461 e. The Morgan fingerprint density at radius 2 is 2.15 bits per heavy atom. The van der Waals surface area contributed by atoms with Crippen LogP contribution in [-0.2, 0) is 11.8 Å². The molecule has 0 aliphatic heterocycles. The Morgan fingerprint density at radius 1 is 1.30 bits per heavy atom. The highest BCUT2D eigenvalue weighted by atomic mass is 127. The van der Waals surface area contributed by atoms with Gasteiger partial charge < -0.3 is 15.1 Å². The summed E-state index contributed by atoms with van der Waals surface area (Å²) in [5, 5.41) is 15.9. The predicted molar refractivity (Wildman–Crippen MR) is 120 cm³/mol. The van der Waals surface area contributed by atoms with Crippen molar-refractivity contribution in [3.63, 3.8) is 0 Å². The van der Waals surface area contributed by atoms with Crippen molar-refractivity contribution in [2.24, 2.45) is 4.99 Å². The first kappa shape index (κ1) is 21.4. The molecule has 0 spiro atoms. The van der Waals surface area contributed by atoms with Crippen LogP contribution in [0.4, 0.5) is 0 Å². The molecule has 0 saturated carbocycles. The number of nitrogens with zero attached hydrogens (tertiary/aromatic N) is 3. The summed E-state index contributed by atoms with van der Waals surface area (Å²) < 4.78 is 5.30. The van der Waals surface area contributed by atoms with Crippen LogP contribution in [0.3, 0.4) is 0 Å². The van der Waals surface area contributed by atoms with Gasteiger partial charge in [0.2, 0.25) is 5.82 Å². The summed E-state index contributed by atoms with van der Waals surface area (Å²) >= 11 is 1.78. The van der Waals surface area contributed by atoms with Crippen LogP contribution in [0.5, 0.6) is 0 Å². The van der Waals surface area contributed by atoms with Gasteiger partial charge in [0, 0.05) is 36.9 Å². The van der Waals surface area contributed by atoms with Gasteiger partial charge in [0.15, 0.2) is 11.7 Å². The Morgan fingerprint density at radius 3 is 2.81 bits per heavy atom. The number of nitrogens with one attached hydrogen (secondary N) is 3. The quantitative estimate of drug-likeness (QED) is 0.263. The fraction of sp³-hybridized carbons (Fsp3) is 0.389. The topological polar surface area (TPSA) is 91.1 Å². The highest BCUT2D eigenvalue weighted by molar-refractivity contribution is 14.0. The lowest BCUT2D eigenvalue weighted by Crippen LogP contribution is -2.43. The molecule has 0 unspecified atom stereocenters. The van der Waals surface area contributed by atoms with Gasteiger partial charge in [0.05, 0.1) is 6.26 Å². The van der Waals surface area contributed by atoms with Gasteiger partial charge in [0.1, 0.15) is 5.82 Å². The number of hydrogen-bond donors (Lipinski definition) is 3. The normalized spacial score (nSPS) is 11.9. The lowest BCUT2D eigenvalue weighted by atomic mass is 9.91. The van der Waals surface area contributed by atoms with E-state index in [9.17, 15) is 0 Å². The van der Waals surface area contributed by atoms with Gasteiger partial charge in [-0.05, 0) is 23.6 Å². The predicted octanol–water partition coefficient (Wildman–Crippen LogP) is 3.43. The average Bonchev–Trinajstić information content (AvgIpc) is 3.39. The Balaban J connectivity index is 0.00000261. The summed E-state index contributed by atoms with van der Waals surface area (Å²) in [5.41, 5.74) is 0.0503. The number of furan rings is 1. The maximum absolute atomic E-state index is 5.30. The molecule has 27 heavy (non-hydrogen) atoms. The van der Waals surface area contributed by atoms with E-state index in [2.05, 4.69) is 62.2 Å². The zero-order chi connectivity index (χ0) is 18.4. The molecule has 0 atom stereocenters.